The first-order valence-corrected chi connectivity index (χ1v) is 11.7. The van der Waals surface area contributed by atoms with Crippen LogP contribution < -0.4 is 5.32 Å². The molecule has 13 heteroatoms. The number of nitrogens with zero attached hydrogens (tertiary/aromatic N) is 8. The minimum absolute atomic E-state index is 0.180. The molecule has 10 nitrogen and oxygen atoms in total. The van der Waals surface area contributed by atoms with Crippen molar-refractivity contribution in [2.45, 2.75) is 38.2 Å². The number of alkyl halides is 2. The van der Waals surface area contributed by atoms with Crippen molar-refractivity contribution in [3.8, 4) is 11.5 Å². The van der Waals surface area contributed by atoms with Gasteiger partial charge in [-0.3, -0.25) is 9.78 Å². The first-order chi connectivity index (χ1) is 18.2. The lowest BCUT2D eigenvalue weighted by Crippen LogP contribution is -2.26. The molecule has 1 amide bonds. The van der Waals surface area contributed by atoms with Crippen LogP contribution in [0, 0.1) is 12.9 Å². The maximum Gasteiger partial charge on any atom is 0.333 e. The van der Waals surface area contributed by atoms with Gasteiger partial charge in [-0.25, -0.2) is 24.1 Å². The summed E-state index contributed by atoms with van der Waals surface area (Å²) in [6, 6.07) is 6.11. The Morgan fingerprint density at radius 1 is 1.13 bits per heavy atom. The SMILES string of the molecule is Cc1cc(NC(=O)[C@H]2C[C@](C)(c3ccn(C(F)F)n3)c3c2cnc2cc(F)nn32)cnc1-c1ncccn1. The number of nitrogens with one attached hydrogen (secondary N) is 1. The van der Waals surface area contributed by atoms with E-state index in [9.17, 15) is 18.0 Å². The summed E-state index contributed by atoms with van der Waals surface area (Å²) in [6.07, 6.45) is 7.61. The molecule has 0 spiro atoms. The highest BCUT2D eigenvalue weighted by Crippen LogP contribution is 2.49. The Labute approximate surface area is 213 Å². The lowest BCUT2D eigenvalue weighted by Gasteiger charge is -2.23. The second-order valence-corrected chi connectivity index (χ2v) is 9.30. The third-order valence-corrected chi connectivity index (χ3v) is 6.81. The number of aryl methyl sites for hydroxylation is 1. The van der Waals surface area contributed by atoms with Crippen molar-refractivity contribution in [3.05, 3.63) is 83.7 Å². The molecular weight excluding hydrogens is 499 g/mol. The molecule has 0 fully saturated rings. The molecule has 0 aromatic carbocycles. The number of anilines is 1. The minimum atomic E-state index is -2.83. The van der Waals surface area contributed by atoms with E-state index in [1.54, 1.807) is 31.5 Å². The van der Waals surface area contributed by atoms with Gasteiger partial charge in [-0.05, 0) is 44.0 Å². The molecule has 0 saturated carbocycles. The fourth-order valence-corrected chi connectivity index (χ4v) is 5.07. The predicted molar refractivity (Wildman–Crippen MR) is 129 cm³/mol. The second kappa shape index (κ2) is 8.71. The van der Waals surface area contributed by atoms with Gasteiger partial charge in [0.05, 0.1) is 34.6 Å². The molecule has 5 aromatic rings. The Morgan fingerprint density at radius 2 is 1.92 bits per heavy atom. The van der Waals surface area contributed by atoms with Crippen molar-refractivity contribution >= 4 is 17.2 Å². The van der Waals surface area contributed by atoms with Crippen molar-refractivity contribution < 1.29 is 18.0 Å². The number of carbonyl (C=O) groups is 1. The van der Waals surface area contributed by atoms with Crippen LogP contribution in [-0.4, -0.2) is 45.2 Å². The van der Waals surface area contributed by atoms with Crippen molar-refractivity contribution in [2.75, 3.05) is 5.32 Å². The Morgan fingerprint density at radius 3 is 2.63 bits per heavy atom. The highest BCUT2D eigenvalue weighted by molar-refractivity contribution is 5.97. The van der Waals surface area contributed by atoms with E-state index in [1.807, 2.05) is 6.92 Å². The van der Waals surface area contributed by atoms with E-state index in [4.69, 9.17) is 0 Å². The van der Waals surface area contributed by atoms with Crippen molar-refractivity contribution in [1.29, 1.82) is 0 Å². The van der Waals surface area contributed by atoms with E-state index in [-0.39, 0.29) is 18.0 Å². The molecule has 0 aliphatic heterocycles. The van der Waals surface area contributed by atoms with Gasteiger partial charge in [-0.2, -0.15) is 18.3 Å². The number of fused-ring (bicyclic) bond motifs is 3. The molecule has 5 aromatic heterocycles. The van der Waals surface area contributed by atoms with Gasteiger partial charge in [-0.15, -0.1) is 5.10 Å². The number of aromatic nitrogens is 8. The van der Waals surface area contributed by atoms with E-state index in [2.05, 4.69) is 35.5 Å². The van der Waals surface area contributed by atoms with E-state index in [0.717, 1.165) is 11.6 Å². The smallest absolute Gasteiger partial charge is 0.324 e. The fraction of sp³-hybridized carbons (Fsp3) is 0.240. The molecule has 1 aliphatic rings. The van der Waals surface area contributed by atoms with Crippen LogP contribution in [0.4, 0.5) is 18.9 Å². The van der Waals surface area contributed by atoms with Crippen LogP contribution in [0.3, 0.4) is 0 Å². The number of hydrogen-bond donors (Lipinski definition) is 1. The summed E-state index contributed by atoms with van der Waals surface area (Å²) in [6.45, 7) is 0.783. The Balaban J connectivity index is 1.37. The van der Waals surface area contributed by atoms with Crippen molar-refractivity contribution in [1.82, 2.24) is 39.3 Å². The standard InChI is InChI=1S/C25H20F3N9O/c1-13-8-14(11-32-20(13)22-29-5-3-6-30-22)33-23(38)15-10-25(2,17-4-7-36(34-17)24(27)28)21-16(15)12-31-19-9-18(26)35-37(19)21/h3-9,11-12,15,24H,10H2,1-2H3,(H,33,38)/t15-,25+/m0/s1. The van der Waals surface area contributed by atoms with Crippen LogP contribution in [0.1, 0.15) is 48.3 Å². The molecule has 5 heterocycles. The summed E-state index contributed by atoms with van der Waals surface area (Å²) < 4.78 is 42.6. The lowest BCUT2D eigenvalue weighted by molar-refractivity contribution is -0.117. The highest BCUT2D eigenvalue weighted by atomic mass is 19.3. The molecule has 0 unspecified atom stereocenters. The Hall–Kier alpha value is -4.68. The van der Waals surface area contributed by atoms with Gasteiger partial charge in [0.15, 0.2) is 11.5 Å². The number of hydrogen-bond acceptors (Lipinski definition) is 7. The summed E-state index contributed by atoms with van der Waals surface area (Å²) in [5.74, 6) is -1.38. The predicted octanol–water partition coefficient (Wildman–Crippen LogP) is 4.05. The average molecular weight is 519 g/mol. The van der Waals surface area contributed by atoms with E-state index < -0.39 is 23.8 Å². The van der Waals surface area contributed by atoms with Crippen molar-refractivity contribution in [2.24, 2.45) is 0 Å². The summed E-state index contributed by atoms with van der Waals surface area (Å²) in [5, 5.41) is 10.9. The van der Waals surface area contributed by atoms with Gasteiger partial charge in [0.1, 0.15) is 5.69 Å². The average Bonchev–Trinajstić information content (AvgIpc) is 3.60. The molecule has 38 heavy (non-hydrogen) atoms. The summed E-state index contributed by atoms with van der Waals surface area (Å²) in [5.41, 5.74) is 2.30. The van der Waals surface area contributed by atoms with Gasteiger partial charge in [0.2, 0.25) is 11.9 Å². The van der Waals surface area contributed by atoms with Gasteiger partial charge in [-0.1, -0.05) is 0 Å². The molecule has 0 radical (unpaired) electrons. The lowest BCUT2D eigenvalue weighted by atomic mass is 9.82. The maximum atomic E-state index is 14.1. The fourth-order valence-electron chi connectivity index (χ4n) is 5.07. The maximum absolute atomic E-state index is 14.1. The second-order valence-electron chi connectivity index (χ2n) is 9.30. The number of pyridine rings is 1. The zero-order valence-electron chi connectivity index (χ0n) is 20.2. The molecule has 1 N–H and O–H groups in total. The first kappa shape index (κ1) is 23.7. The molecule has 6 rings (SSSR count). The zero-order chi connectivity index (χ0) is 26.6. The largest absolute Gasteiger partial charge is 0.333 e. The van der Waals surface area contributed by atoms with E-state index in [1.165, 1.54) is 29.2 Å². The summed E-state index contributed by atoms with van der Waals surface area (Å²) in [7, 11) is 0. The minimum Gasteiger partial charge on any atom is -0.324 e. The van der Waals surface area contributed by atoms with Crippen LogP contribution in [0.15, 0.2) is 55.2 Å². The molecule has 2 atom stereocenters. The van der Waals surface area contributed by atoms with Crippen LogP contribution in [0.25, 0.3) is 17.2 Å². The van der Waals surface area contributed by atoms with Gasteiger partial charge < -0.3 is 5.32 Å². The van der Waals surface area contributed by atoms with Crippen LogP contribution >= 0.6 is 0 Å². The van der Waals surface area contributed by atoms with E-state index in [0.29, 0.717) is 38.8 Å². The molecule has 0 saturated heterocycles. The van der Waals surface area contributed by atoms with Gasteiger partial charge >= 0.3 is 6.55 Å². The third-order valence-electron chi connectivity index (χ3n) is 6.81. The number of carbonyl (C=O) groups excluding carboxylic acids is 1. The summed E-state index contributed by atoms with van der Waals surface area (Å²) in [4.78, 5) is 30.7. The molecule has 0 bridgehead atoms. The Kier molecular flexibility index (Phi) is 5.44. The number of amides is 1. The first-order valence-electron chi connectivity index (χ1n) is 11.7. The zero-order valence-corrected chi connectivity index (χ0v) is 20.2. The van der Waals surface area contributed by atoms with Crippen molar-refractivity contribution in [3.63, 3.8) is 0 Å². The topological polar surface area (TPSA) is 116 Å². The monoisotopic (exact) mass is 519 g/mol. The van der Waals surface area contributed by atoms with Crippen LogP contribution in [0.5, 0.6) is 0 Å². The van der Waals surface area contributed by atoms with Gasteiger partial charge in [0, 0.05) is 36.4 Å². The van der Waals surface area contributed by atoms with Crippen LogP contribution in [0.2, 0.25) is 0 Å². The molecule has 192 valence electrons. The molecule has 1 aliphatic carbocycles. The normalized spacial score (nSPS) is 18.7. The third kappa shape index (κ3) is 3.78. The molecular formula is C25H20F3N9O. The highest BCUT2D eigenvalue weighted by Gasteiger charge is 2.48. The summed E-state index contributed by atoms with van der Waals surface area (Å²) >= 11 is 0. The Bertz CT molecular complexity index is 1680. The number of rotatable bonds is 5. The number of halogens is 3. The van der Waals surface area contributed by atoms with Gasteiger partial charge in [0.25, 0.3) is 0 Å². The van der Waals surface area contributed by atoms with E-state index >= 15 is 0 Å². The van der Waals surface area contributed by atoms with Crippen LogP contribution in [-0.2, 0) is 10.2 Å². The quantitative estimate of drug-likeness (QED) is 0.372.